The standard InChI is InChI=1S/C13H18N2O3/c1-9(16)7-8-15(2)13(18)11-5-3-10(4-6-11)12(14)17/h3-6,9,16H,7-8H2,1-2H3,(H2,14,17). The van der Waals surface area contributed by atoms with Crippen molar-refractivity contribution in [3.8, 4) is 0 Å². The molecule has 1 aromatic rings. The van der Waals surface area contributed by atoms with Gasteiger partial charge in [-0.2, -0.15) is 0 Å². The van der Waals surface area contributed by atoms with E-state index < -0.39 is 12.0 Å². The first-order valence-corrected chi connectivity index (χ1v) is 5.75. The minimum atomic E-state index is -0.517. The summed E-state index contributed by atoms with van der Waals surface area (Å²) in [5.74, 6) is -0.664. The number of amides is 2. The van der Waals surface area contributed by atoms with Gasteiger partial charge in [-0.25, -0.2) is 0 Å². The first-order valence-electron chi connectivity index (χ1n) is 5.75. The lowest BCUT2D eigenvalue weighted by atomic mass is 10.1. The van der Waals surface area contributed by atoms with E-state index in [1.54, 1.807) is 26.1 Å². The van der Waals surface area contributed by atoms with Gasteiger partial charge in [0.2, 0.25) is 5.91 Å². The molecule has 0 bridgehead atoms. The van der Waals surface area contributed by atoms with Crippen LogP contribution in [0.15, 0.2) is 24.3 Å². The number of nitrogens with zero attached hydrogens (tertiary/aromatic N) is 1. The molecular weight excluding hydrogens is 232 g/mol. The number of carbonyl (C=O) groups is 2. The van der Waals surface area contributed by atoms with Crippen LogP contribution in [-0.4, -0.2) is 41.5 Å². The van der Waals surface area contributed by atoms with Gasteiger partial charge in [-0.1, -0.05) is 0 Å². The van der Waals surface area contributed by atoms with Crippen molar-refractivity contribution in [2.24, 2.45) is 5.73 Å². The van der Waals surface area contributed by atoms with Gasteiger partial charge >= 0.3 is 0 Å². The maximum Gasteiger partial charge on any atom is 0.253 e. The normalized spacial score (nSPS) is 11.9. The Morgan fingerprint density at radius 1 is 1.28 bits per heavy atom. The van der Waals surface area contributed by atoms with Gasteiger partial charge in [-0.15, -0.1) is 0 Å². The molecule has 1 unspecified atom stereocenters. The van der Waals surface area contributed by atoms with Crippen molar-refractivity contribution in [1.29, 1.82) is 0 Å². The second-order valence-corrected chi connectivity index (χ2v) is 4.31. The van der Waals surface area contributed by atoms with E-state index in [1.165, 1.54) is 17.0 Å². The number of rotatable bonds is 5. The Bertz CT molecular complexity index is 426. The molecule has 0 saturated carbocycles. The van der Waals surface area contributed by atoms with Gasteiger partial charge in [0, 0.05) is 24.7 Å². The van der Waals surface area contributed by atoms with Crippen LogP contribution < -0.4 is 5.73 Å². The number of hydrogen-bond donors (Lipinski definition) is 2. The van der Waals surface area contributed by atoms with Crippen LogP contribution in [0.1, 0.15) is 34.1 Å². The zero-order valence-corrected chi connectivity index (χ0v) is 10.6. The molecular formula is C13H18N2O3. The van der Waals surface area contributed by atoms with E-state index in [-0.39, 0.29) is 5.91 Å². The molecule has 2 amide bonds. The van der Waals surface area contributed by atoms with Crippen LogP contribution in [0.25, 0.3) is 0 Å². The highest BCUT2D eigenvalue weighted by molar-refractivity contribution is 5.97. The molecule has 1 aromatic carbocycles. The Kier molecular flexibility index (Phi) is 4.85. The summed E-state index contributed by atoms with van der Waals surface area (Å²) in [4.78, 5) is 24.4. The quantitative estimate of drug-likeness (QED) is 0.803. The van der Waals surface area contributed by atoms with Gasteiger partial charge in [0.15, 0.2) is 0 Å². The van der Waals surface area contributed by atoms with E-state index in [0.717, 1.165) is 0 Å². The third-order valence-electron chi connectivity index (χ3n) is 2.65. The molecule has 1 atom stereocenters. The third kappa shape index (κ3) is 3.85. The maximum absolute atomic E-state index is 12.0. The molecule has 18 heavy (non-hydrogen) atoms. The minimum absolute atomic E-state index is 0.147. The van der Waals surface area contributed by atoms with E-state index >= 15 is 0 Å². The zero-order valence-electron chi connectivity index (χ0n) is 10.6. The first-order chi connectivity index (χ1) is 8.41. The number of primary amides is 1. The summed E-state index contributed by atoms with van der Waals surface area (Å²) in [5, 5.41) is 9.16. The minimum Gasteiger partial charge on any atom is -0.393 e. The third-order valence-corrected chi connectivity index (χ3v) is 2.65. The van der Waals surface area contributed by atoms with Gasteiger partial charge in [0.1, 0.15) is 0 Å². The number of hydrogen-bond acceptors (Lipinski definition) is 3. The maximum atomic E-state index is 12.0. The molecule has 0 aromatic heterocycles. The molecule has 0 aliphatic rings. The summed E-state index contributed by atoms with van der Waals surface area (Å²) in [7, 11) is 1.67. The predicted octanol–water partition coefficient (Wildman–Crippen LogP) is 0.628. The van der Waals surface area contributed by atoms with Crippen LogP contribution in [0.5, 0.6) is 0 Å². The molecule has 0 aliphatic carbocycles. The summed E-state index contributed by atoms with van der Waals surface area (Å²) in [6.45, 7) is 2.16. The van der Waals surface area contributed by atoms with E-state index in [2.05, 4.69) is 0 Å². The summed E-state index contributed by atoms with van der Waals surface area (Å²) in [6.07, 6.45) is 0.0965. The highest BCUT2D eigenvalue weighted by Gasteiger charge is 2.12. The lowest BCUT2D eigenvalue weighted by Gasteiger charge is -2.18. The van der Waals surface area contributed by atoms with Gasteiger partial charge < -0.3 is 15.7 Å². The van der Waals surface area contributed by atoms with Gasteiger partial charge in [0.25, 0.3) is 5.91 Å². The van der Waals surface area contributed by atoms with Crippen molar-refractivity contribution >= 4 is 11.8 Å². The molecule has 98 valence electrons. The van der Waals surface area contributed by atoms with Crippen molar-refractivity contribution in [1.82, 2.24) is 4.90 Å². The van der Waals surface area contributed by atoms with Crippen LogP contribution in [0, 0.1) is 0 Å². The van der Waals surface area contributed by atoms with Crippen molar-refractivity contribution in [3.05, 3.63) is 35.4 Å². The van der Waals surface area contributed by atoms with Crippen molar-refractivity contribution < 1.29 is 14.7 Å². The Labute approximate surface area is 106 Å². The van der Waals surface area contributed by atoms with Crippen LogP contribution in [-0.2, 0) is 0 Å². The lowest BCUT2D eigenvalue weighted by Crippen LogP contribution is -2.29. The predicted molar refractivity (Wildman–Crippen MR) is 68.2 cm³/mol. The largest absolute Gasteiger partial charge is 0.393 e. The average molecular weight is 250 g/mol. The average Bonchev–Trinajstić information content (AvgIpc) is 2.35. The summed E-state index contributed by atoms with van der Waals surface area (Å²) >= 11 is 0. The van der Waals surface area contributed by atoms with Gasteiger partial charge in [0.05, 0.1) is 6.10 Å². The molecule has 0 heterocycles. The highest BCUT2D eigenvalue weighted by atomic mass is 16.3. The van der Waals surface area contributed by atoms with Crippen molar-refractivity contribution in [2.45, 2.75) is 19.4 Å². The number of nitrogens with two attached hydrogens (primary N) is 1. The Morgan fingerprint density at radius 3 is 2.22 bits per heavy atom. The summed E-state index contributed by atoms with van der Waals surface area (Å²) in [6, 6.07) is 6.19. The number of aliphatic hydroxyl groups is 1. The second kappa shape index (κ2) is 6.16. The molecule has 0 aliphatic heterocycles. The van der Waals surface area contributed by atoms with Crippen LogP contribution in [0.2, 0.25) is 0 Å². The summed E-state index contributed by atoms with van der Waals surface area (Å²) in [5.41, 5.74) is 5.99. The number of aliphatic hydroxyl groups excluding tert-OH is 1. The fourth-order valence-corrected chi connectivity index (χ4v) is 1.48. The summed E-state index contributed by atoms with van der Waals surface area (Å²) < 4.78 is 0. The highest BCUT2D eigenvalue weighted by Crippen LogP contribution is 2.07. The molecule has 5 heteroatoms. The first kappa shape index (κ1) is 14.2. The molecule has 0 spiro atoms. The molecule has 0 radical (unpaired) electrons. The van der Waals surface area contributed by atoms with E-state index in [0.29, 0.717) is 24.1 Å². The Morgan fingerprint density at radius 2 is 1.78 bits per heavy atom. The fraction of sp³-hybridized carbons (Fsp3) is 0.385. The van der Waals surface area contributed by atoms with Gasteiger partial charge in [-0.05, 0) is 37.6 Å². The van der Waals surface area contributed by atoms with Crippen molar-refractivity contribution in [3.63, 3.8) is 0 Å². The number of benzene rings is 1. The van der Waals surface area contributed by atoms with Gasteiger partial charge in [-0.3, -0.25) is 9.59 Å². The monoisotopic (exact) mass is 250 g/mol. The van der Waals surface area contributed by atoms with Crippen molar-refractivity contribution in [2.75, 3.05) is 13.6 Å². The molecule has 3 N–H and O–H groups in total. The topological polar surface area (TPSA) is 83.6 Å². The Hall–Kier alpha value is -1.88. The zero-order chi connectivity index (χ0) is 13.7. The van der Waals surface area contributed by atoms with E-state index in [9.17, 15) is 9.59 Å². The molecule has 5 nitrogen and oxygen atoms in total. The Balaban J connectivity index is 2.69. The lowest BCUT2D eigenvalue weighted by molar-refractivity contribution is 0.0768. The SMILES string of the molecule is CC(O)CCN(C)C(=O)c1ccc(C(N)=O)cc1. The molecule has 1 rings (SSSR count). The van der Waals surface area contributed by atoms with Crippen LogP contribution in [0.4, 0.5) is 0 Å². The van der Waals surface area contributed by atoms with Crippen LogP contribution >= 0.6 is 0 Å². The molecule has 0 fully saturated rings. The second-order valence-electron chi connectivity index (χ2n) is 4.31. The fourth-order valence-electron chi connectivity index (χ4n) is 1.48. The molecule has 0 saturated heterocycles. The smallest absolute Gasteiger partial charge is 0.253 e. The van der Waals surface area contributed by atoms with Crippen LogP contribution in [0.3, 0.4) is 0 Å². The van der Waals surface area contributed by atoms with E-state index in [1.807, 2.05) is 0 Å². The number of carbonyl (C=O) groups excluding carboxylic acids is 2. The van der Waals surface area contributed by atoms with E-state index in [4.69, 9.17) is 10.8 Å².